The Morgan fingerprint density at radius 2 is 2.04 bits per heavy atom. The molecular weight excluding hydrogens is 326 g/mol. The van der Waals surface area contributed by atoms with Crippen LogP contribution in [0.4, 0.5) is 0 Å². The molecule has 0 aliphatic rings. The number of sulfonamides is 1. The molecule has 0 atom stereocenters. The van der Waals surface area contributed by atoms with Gasteiger partial charge in [0.05, 0.1) is 5.69 Å². The van der Waals surface area contributed by atoms with Gasteiger partial charge in [0.25, 0.3) is 10.0 Å². The maximum Gasteiger partial charge on any atom is 0.259 e. The fourth-order valence-electron chi connectivity index (χ4n) is 2.12. The van der Waals surface area contributed by atoms with Gasteiger partial charge in [0.2, 0.25) is 0 Å². The van der Waals surface area contributed by atoms with E-state index in [9.17, 15) is 8.42 Å². The summed E-state index contributed by atoms with van der Waals surface area (Å²) in [6, 6.07) is 7.43. The minimum atomic E-state index is -3.64. The minimum Gasteiger partial charge on any atom is -0.337 e. The van der Waals surface area contributed by atoms with E-state index in [1.165, 1.54) is 6.20 Å². The minimum absolute atomic E-state index is 0.0161. The van der Waals surface area contributed by atoms with Crippen molar-refractivity contribution < 1.29 is 8.42 Å². The number of nitrogens with one attached hydrogen (secondary N) is 1. The second-order valence-electron chi connectivity index (χ2n) is 5.36. The summed E-state index contributed by atoms with van der Waals surface area (Å²) in [5, 5.41) is 0.0161. The highest BCUT2D eigenvalue weighted by Crippen LogP contribution is 2.15. The zero-order valence-electron chi connectivity index (χ0n) is 13.3. The van der Waals surface area contributed by atoms with Crippen LogP contribution in [0, 0.1) is 6.92 Å². The summed E-state index contributed by atoms with van der Waals surface area (Å²) in [6.07, 6.45) is 6.57. The lowest BCUT2D eigenvalue weighted by Crippen LogP contribution is -2.23. The van der Waals surface area contributed by atoms with Gasteiger partial charge in [0.1, 0.15) is 5.82 Å². The number of hydrogen-bond donors (Lipinski definition) is 1. The first kappa shape index (κ1) is 16.3. The quantitative estimate of drug-likeness (QED) is 0.761. The van der Waals surface area contributed by atoms with Gasteiger partial charge in [-0.25, -0.2) is 18.1 Å². The van der Waals surface area contributed by atoms with Gasteiger partial charge in [-0.15, -0.1) is 0 Å². The van der Waals surface area contributed by atoms with E-state index in [2.05, 4.69) is 19.7 Å². The first-order chi connectivity index (χ1) is 11.5. The van der Waals surface area contributed by atoms with Crippen molar-refractivity contribution in [2.45, 2.75) is 18.5 Å². The lowest BCUT2D eigenvalue weighted by atomic mass is 10.1. The largest absolute Gasteiger partial charge is 0.337 e. The number of pyridine rings is 2. The van der Waals surface area contributed by atoms with E-state index < -0.39 is 10.0 Å². The summed E-state index contributed by atoms with van der Waals surface area (Å²) in [5.41, 5.74) is 2.46. The van der Waals surface area contributed by atoms with E-state index in [0.717, 1.165) is 16.8 Å². The summed E-state index contributed by atoms with van der Waals surface area (Å²) in [5.74, 6) is 0.637. The molecule has 0 aliphatic heterocycles. The predicted molar refractivity (Wildman–Crippen MR) is 89.4 cm³/mol. The lowest BCUT2D eigenvalue weighted by molar-refractivity contribution is 0.577. The number of imidazole rings is 1. The van der Waals surface area contributed by atoms with Crippen molar-refractivity contribution in [3.05, 3.63) is 60.4 Å². The van der Waals surface area contributed by atoms with Crippen molar-refractivity contribution >= 4 is 10.0 Å². The second kappa shape index (κ2) is 6.50. The summed E-state index contributed by atoms with van der Waals surface area (Å²) < 4.78 is 28.7. The van der Waals surface area contributed by atoms with Crippen molar-refractivity contribution in [2.24, 2.45) is 7.05 Å². The van der Waals surface area contributed by atoms with Gasteiger partial charge in [0.15, 0.2) is 5.03 Å². The Labute approximate surface area is 140 Å². The van der Waals surface area contributed by atoms with Crippen molar-refractivity contribution in [3.8, 4) is 11.3 Å². The van der Waals surface area contributed by atoms with Crippen molar-refractivity contribution in [1.29, 1.82) is 0 Å². The van der Waals surface area contributed by atoms with Crippen LogP contribution < -0.4 is 4.72 Å². The SMILES string of the molecule is Cc1nc(S(=O)(=O)NCc2ccc(-c3cccnc3)nc2)cn1C. The van der Waals surface area contributed by atoms with Crippen molar-refractivity contribution in [1.82, 2.24) is 24.2 Å². The Kier molecular flexibility index (Phi) is 4.41. The molecule has 3 aromatic rings. The van der Waals surface area contributed by atoms with E-state index in [1.807, 2.05) is 24.3 Å². The molecule has 3 heterocycles. The number of aromatic nitrogens is 4. The van der Waals surface area contributed by atoms with Crippen LogP contribution in [0.25, 0.3) is 11.3 Å². The van der Waals surface area contributed by atoms with E-state index in [0.29, 0.717) is 5.82 Å². The third-order valence-corrected chi connectivity index (χ3v) is 4.88. The van der Waals surface area contributed by atoms with Gasteiger partial charge >= 0.3 is 0 Å². The average molecular weight is 343 g/mol. The standard InChI is InChI=1S/C16H17N5O2S/c1-12-20-16(11-21(12)2)24(22,23)19-9-13-5-6-15(18-8-13)14-4-3-7-17-10-14/h3-8,10-11,19H,9H2,1-2H3. The Morgan fingerprint density at radius 3 is 2.62 bits per heavy atom. The molecule has 0 spiro atoms. The molecule has 0 radical (unpaired) electrons. The molecule has 3 aromatic heterocycles. The molecule has 0 fully saturated rings. The van der Waals surface area contributed by atoms with Crippen LogP contribution in [0.1, 0.15) is 11.4 Å². The van der Waals surface area contributed by atoms with Crippen LogP contribution in [0.3, 0.4) is 0 Å². The van der Waals surface area contributed by atoms with Crippen molar-refractivity contribution in [3.63, 3.8) is 0 Å². The average Bonchev–Trinajstić information content (AvgIpc) is 2.94. The zero-order valence-corrected chi connectivity index (χ0v) is 14.2. The molecule has 0 aromatic carbocycles. The van der Waals surface area contributed by atoms with Crippen LogP contribution in [0.5, 0.6) is 0 Å². The molecular formula is C16H17N5O2S. The fourth-order valence-corrected chi connectivity index (χ4v) is 3.18. The van der Waals surface area contributed by atoms with Gasteiger partial charge in [-0.3, -0.25) is 9.97 Å². The zero-order chi connectivity index (χ0) is 17.2. The maximum atomic E-state index is 12.2. The smallest absolute Gasteiger partial charge is 0.259 e. The van der Waals surface area contributed by atoms with Crippen LogP contribution >= 0.6 is 0 Å². The van der Waals surface area contributed by atoms with Gasteiger partial charge in [-0.1, -0.05) is 6.07 Å². The molecule has 0 unspecified atom stereocenters. The Hall–Kier alpha value is -2.58. The molecule has 3 rings (SSSR count). The molecule has 8 heteroatoms. The monoisotopic (exact) mass is 343 g/mol. The summed E-state index contributed by atoms with van der Waals surface area (Å²) in [4.78, 5) is 12.4. The number of nitrogens with zero attached hydrogens (tertiary/aromatic N) is 4. The third-order valence-electron chi connectivity index (χ3n) is 3.61. The molecule has 0 saturated heterocycles. The van der Waals surface area contributed by atoms with E-state index in [4.69, 9.17) is 0 Å². The van der Waals surface area contributed by atoms with E-state index >= 15 is 0 Å². The Morgan fingerprint density at radius 1 is 1.21 bits per heavy atom. The van der Waals surface area contributed by atoms with Gasteiger partial charge < -0.3 is 4.57 Å². The molecule has 0 saturated carbocycles. The molecule has 24 heavy (non-hydrogen) atoms. The number of rotatable bonds is 5. The van der Waals surface area contributed by atoms with Gasteiger partial charge in [0, 0.05) is 43.9 Å². The molecule has 1 N–H and O–H groups in total. The first-order valence-electron chi connectivity index (χ1n) is 7.31. The maximum absolute atomic E-state index is 12.2. The molecule has 0 aliphatic carbocycles. The molecule has 0 amide bonds. The highest BCUT2D eigenvalue weighted by Gasteiger charge is 2.18. The topological polar surface area (TPSA) is 89.8 Å². The predicted octanol–water partition coefficient (Wildman–Crippen LogP) is 1.66. The van der Waals surface area contributed by atoms with E-state index in [-0.39, 0.29) is 11.6 Å². The summed E-state index contributed by atoms with van der Waals surface area (Å²) in [6.45, 7) is 1.90. The molecule has 7 nitrogen and oxygen atoms in total. The van der Waals surface area contributed by atoms with Gasteiger partial charge in [-0.05, 0) is 30.7 Å². The first-order valence-corrected chi connectivity index (χ1v) is 8.79. The summed E-state index contributed by atoms with van der Waals surface area (Å²) in [7, 11) is -1.89. The van der Waals surface area contributed by atoms with Crippen LogP contribution in [0.15, 0.2) is 54.1 Å². The van der Waals surface area contributed by atoms with Crippen LogP contribution in [-0.4, -0.2) is 27.9 Å². The second-order valence-corrected chi connectivity index (χ2v) is 7.07. The number of aryl methyl sites for hydroxylation is 2. The Bertz CT molecular complexity index is 915. The van der Waals surface area contributed by atoms with Gasteiger partial charge in [-0.2, -0.15) is 0 Å². The highest BCUT2D eigenvalue weighted by atomic mass is 32.2. The molecule has 124 valence electrons. The number of hydrogen-bond acceptors (Lipinski definition) is 5. The summed E-state index contributed by atoms with van der Waals surface area (Å²) >= 11 is 0. The normalized spacial score (nSPS) is 11.6. The third kappa shape index (κ3) is 3.50. The van der Waals surface area contributed by atoms with Crippen LogP contribution in [-0.2, 0) is 23.6 Å². The van der Waals surface area contributed by atoms with Crippen molar-refractivity contribution in [2.75, 3.05) is 0 Å². The highest BCUT2D eigenvalue weighted by molar-refractivity contribution is 7.89. The van der Waals surface area contributed by atoms with Crippen LogP contribution in [0.2, 0.25) is 0 Å². The molecule has 0 bridgehead atoms. The lowest BCUT2D eigenvalue weighted by Gasteiger charge is -2.05. The fraction of sp³-hybridized carbons (Fsp3) is 0.188. The Balaban J connectivity index is 1.70. The van der Waals surface area contributed by atoms with E-state index in [1.54, 1.807) is 37.1 Å².